The molecule has 6 heteroatoms. The van der Waals surface area contributed by atoms with Gasteiger partial charge in [0.2, 0.25) is 0 Å². The Morgan fingerprint density at radius 1 is 1.31 bits per heavy atom. The molecule has 0 aromatic carbocycles. The predicted molar refractivity (Wildman–Crippen MR) is 37.2 cm³/mol. The zero-order chi connectivity index (χ0) is 10.1. The van der Waals surface area contributed by atoms with Crippen LogP contribution in [0.25, 0.3) is 0 Å². The molecule has 0 radical (unpaired) electrons. The summed E-state index contributed by atoms with van der Waals surface area (Å²) in [5.74, 6) is -2.99. The molecule has 2 N–H and O–H groups in total. The molecular weight excluding hydrogens is 190 g/mol. The zero-order valence-electron chi connectivity index (χ0n) is 6.38. The highest BCUT2D eigenvalue weighted by Gasteiger charge is 2.46. The lowest BCUT2D eigenvalue weighted by molar-refractivity contribution is -0.382. The van der Waals surface area contributed by atoms with E-state index >= 15 is 0 Å². The third kappa shape index (κ3) is 2.53. The minimum absolute atomic E-state index is 0.630. The van der Waals surface area contributed by atoms with Crippen molar-refractivity contribution >= 4 is 0 Å². The van der Waals surface area contributed by atoms with Crippen molar-refractivity contribution in [1.82, 2.24) is 0 Å². The number of alkyl halides is 4. The average Bonchev–Trinajstić information content (AvgIpc) is 1.92. The molecule has 2 nitrogen and oxygen atoms in total. The van der Waals surface area contributed by atoms with Crippen LogP contribution >= 0.6 is 0 Å². The molecular formula is C7H7F4NO. The Kier molecular flexibility index (Phi) is 2.44. The highest BCUT2D eigenvalue weighted by Crippen LogP contribution is 2.31. The molecule has 74 valence electrons. The highest BCUT2D eigenvalue weighted by atomic mass is 19.4. The van der Waals surface area contributed by atoms with Gasteiger partial charge in [-0.25, -0.2) is 9.13 Å². The Morgan fingerprint density at radius 2 is 1.92 bits per heavy atom. The van der Waals surface area contributed by atoms with E-state index in [1.54, 1.807) is 0 Å². The van der Waals surface area contributed by atoms with Gasteiger partial charge in [0.05, 0.1) is 6.04 Å². The second-order valence-corrected chi connectivity index (χ2v) is 2.52. The van der Waals surface area contributed by atoms with E-state index in [2.05, 4.69) is 4.74 Å². The standard InChI is InChI=1S/C7H7F4NO/c8-6(13-7(9,10)11)4-2-1-3-5(6)12/h1-5H,12H2. The topological polar surface area (TPSA) is 35.2 Å². The second kappa shape index (κ2) is 3.12. The molecule has 0 saturated heterocycles. The van der Waals surface area contributed by atoms with Gasteiger partial charge in [0.1, 0.15) is 0 Å². The van der Waals surface area contributed by atoms with Crippen molar-refractivity contribution in [3.8, 4) is 0 Å². The summed E-state index contributed by atoms with van der Waals surface area (Å²) in [4.78, 5) is 0. The van der Waals surface area contributed by atoms with E-state index in [0.717, 1.165) is 12.2 Å². The van der Waals surface area contributed by atoms with Crippen molar-refractivity contribution < 1.29 is 22.3 Å². The van der Waals surface area contributed by atoms with Crippen LogP contribution in [0.3, 0.4) is 0 Å². The van der Waals surface area contributed by atoms with E-state index in [1.807, 2.05) is 0 Å². The molecule has 0 aliphatic heterocycles. The van der Waals surface area contributed by atoms with Gasteiger partial charge in [-0.2, -0.15) is 0 Å². The van der Waals surface area contributed by atoms with Crippen LogP contribution in [0.5, 0.6) is 0 Å². The minimum atomic E-state index is -5.04. The van der Waals surface area contributed by atoms with Gasteiger partial charge in [-0.1, -0.05) is 18.2 Å². The molecule has 1 aliphatic carbocycles. The predicted octanol–water partition coefficient (Wildman–Crippen LogP) is 1.64. The maximum atomic E-state index is 13.3. The highest BCUT2D eigenvalue weighted by molar-refractivity contribution is 5.21. The smallest absolute Gasteiger partial charge is 0.319 e. The molecule has 0 heterocycles. The van der Waals surface area contributed by atoms with E-state index in [4.69, 9.17) is 5.73 Å². The zero-order valence-corrected chi connectivity index (χ0v) is 6.38. The molecule has 0 spiro atoms. The molecule has 0 saturated carbocycles. The summed E-state index contributed by atoms with van der Waals surface area (Å²) in [7, 11) is 0. The second-order valence-electron chi connectivity index (χ2n) is 2.52. The monoisotopic (exact) mass is 197 g/mol. The normalized spacial score (nSPS) is 33.8. The average molecular weight is 197 g/mol. The van der Waals surface area contributed by atoms with Crippen molar-refractivity contribution in [3.05, 3.63) is 24.3 Å². The van der Waals surface area contributed by atoms with E-state index in [9.17, 15) is 17.6 Å². The molecule has 2 atom stereocenters. The van der Waals surface area contributed by atoms with Gasteiger partial charge in [0, 0.05) is 0 Å². The summed E-state index contributed by atoms with van der Waals surface area (Å²) >= 11 is 0. The van der Waals surface area contributed by atoms with Crippen molar-refractivity contribution in [2.24, 2.45) is 5.73 Å². The lowest BCUT2D eigenvalue weighted by Gasteiger charge is -2.28. The Morgan fingerprint density at radius 3 is 2.38 bits per heavy atom. The van der Waals surface area contributed by atoms with E-state index in [-0.39, 0.29) is 0 Å². The first kappa shape index (κ1) is 10.2. The Balaban J connectivity index is 2.76. The SMILES string of the molecule is NC1C=CC=CC1(F)OC(F)(F)F. The van der Waals surface area contributed by atoms with Crippen molar-refractivity contribution in [2.75, 3.05) is 0 Å². The fourth-order valence-electron chi connectivity index (χ4n) is 0.892. The quantitative estimate of drug-likeness (QED) is 0.648. The summed E-state index contributed by atoms with van der Waals surface area (Å²) in [6.07, 6.45) is -0.865. The molecule has 13 heavy (non-hydrogen) atoms. The maximum absolute atomic E-state index is 13.3. The van der Waals surface area contributed by atoms with Crippen LogP contribution in [0.1, 0.15) is 0 Å². The molecule has 0 bridgehead atoms. The summed E-state index contributed by atoms with van der Waals surface area (Å²) in [6, 6.07) is -1.45. The van der Waals surface area contributed by atoms with E-state index in [0.29, 0.717) is 6.08 Å². The Bertz CT molecular complexity index is 247. The van der Waals surface area contributed by atoms with Crippen LogP contribution in [0, 0.1) is 0 Å². The van der Waals surface area contributed by atoms with Crippen molar-refractivity contribution in [3.63, 3.8) is 0 Å². The number of hydrogen-bond acceptors (Lipinski definition) is 2. The molecule has 1 aliphatic rings. The summed E-state index contributed by atoms with van der Waals surface area (Å²) in [6.45, 7) is 0. The number of rotatable bonds is 1. The number of ether oxygens (including phenoxy) is 1. The van der Waals surface area contributed by atoms with Crippen LogP contribution in [0.15, 0.2) is 24.3 Å². The van der Waals surface area contributed by atoms with Gasteiger partial charge in [-0.3, -0.25) is 0 Å². The van der Waals surface area contributed by atoms with Gasteiger partial charge in [0.25, 0.3) is 5.85 Å². The number of allylic oxidation sites excluding steroid dienone is 2. The summed E-state index contributed by atoms with van der Waals surface area (Å²) in [5, 5.41) is 0. The fraction of sp³-hybridized carbons (Fsp3) is 0.429. The molecule has 0 amide bonds. The maximum Gasteiger partial charge on any atom is 0.525 e. The minimum Gasteiger partial charge on any atom is -0.319 e. The van der Waals surface area contributed by atoms with Crippen molar-refractivity contribution in [2.45, 2.75) is 18.3 Å². The van der Waals surface area contributed by atoms with Gasteiger partial charge in [-0.15, -0.1) is 13.2 Å². The first-order valence-corrected chi connectivity index (χ1v) is 3.41. The van der Waals surface area contributed by atoms with Gasteiger partial charge in [-0.05, 0) is 6.08 Å². The lowest BCUT2D eigenvalue weighted by atomic mass is 10.0. The first-order chi connectivity index (χ1) is 5.83. The Labute approximate surface area is 71.7 Å². The van der Waals surface area contributed by atoms with Crippen LogP contribution in [-0.2, 0) is 4.74 Å². The van der Waals surface area contributed by atoms with E-state index < -0.39 is 18.3 Å². The van der Waals surface area contributed by atoms with Gasteiger partial charge >= 0.3 is 6.36 Å². The van der Waals surface area contributed by atoms with E-state index in [1.165, 1.54) is 6.08 Å². The summed E-state index contributed by atoms with van der Waals surface area (Å²) in [5.41, 5.74) is 5.08. The third-order valence-electron chi connectivity index (χ3n) is 1.48. The van der Waals surface area contributed by atoms with Crippen LogP contribution in [0.4, 0.5) is 17.6 Å². The first-order valence-electron chi connectivity index (χ1n) is 3.41. The van der Waals surface area contributed by atoms with Crippen molar-refractivity contribution in [1.29, 1.82) is 0 Å². The molecule has 0 aromatic rings. The fourth-order valence-corrected chi connectivity index (χ4v) is 0.892. The van der Waals surface area contributed by atoms with Crippen LogP contribution in [0.2, 0.25) is 0 Å². The Hall–Kier alpha value is -0.880. The number of nitrogens with two attached hydrogens (primary N) is 1. The lowest BCUT2D eigenvalue weighted by Crippen LogP contribution is -2.47. The third-order valence-corrected chi connectivity index (χ3v) is 1.48. The van der Waals surface area contributed by atoms with Crippen LogP contribution < -0.4 is 5.73 Å². The van der Waals surface area contributed by atoms with Gasteiger partial charge in [0.15, 0.2) is 0 Å². The molecule has 0 fully saturated rings. The largest absolute Gasteiger partial charge is 0.525 e. The molecule has 0 aromatic heterocycles. The molecule has 1 rings (SSSR count). The number of hydrogen-bond donors (Lipinski definition) is 1. The van der Waals surface area contributed by atoms with Crippen LogP contribution in [-0.4, -0.2) is 18.3 Å². The molecule has 2 unspecified atom stereocenters. The number of halogens is 4. The summed E-state index contributed by atoms with van der Waals surface area (Å²) < 4.78 is 51.6. The van der Waals surface area contributed by atoms with Gasteiger partial charge < -0.3 is 5.73 Å².